The molecule has 1 heterocycles. The molecule has 96 valence electrons. The first-order chi connectivity index (χ1) is 8.62. The zero-order valence-electron chi connectivity index (χ0n) is 10.8. The minimum atomic E-state index is 0.128. The third-order valence-electron chi connectivity index (χ3n) is 3.78. The molecule has 4 nitrogen and oxygen atoms in total. The quantitative estimate of drug-likeness (QED) is 0.899. The maximum Gasteiger partial charge on any atom is 0.192 e. The van der Waals surface area contributed by atoms with Crippen LogP contribution in [0, 0.1) is 12.3 Å². The molecule has 1 aromatic carbocycles. The number of rotatable bonds is 4. The van der Waals surface area contributed by atoms with Gasteiger partial charge in [0.1, 0.15) is 5.52 Å². The van der Waals surface area contributed by atoms with E-state index in [0.717, 1.165) is 36.2 Å². The minimum Gasteiger partial charge on any atom is -0.441 e. The smallest absolute Gasteiger partial charge is 0.192 e. The van der Waals surface area contributed by atoms with Crippen LogP contribution in [0.5, 0.6) is 0 Å². The molecule has 1 fully saturated rings. The van der Waals surface area contributed by atoms with Gasteiger partial charge in [-0.15, -0.1) is 0 Å². The zero-order valence-corrected chi connectivity index (χ0v) is 10.8. The second-order valence-electron chi connectivity index (χ2n) is 5.40. The van der Waals surface area contributed by atoms with Crippen LogP contribution in [-0.4, -0.2) is 30.3 Å². The average molecular weight is 246 g/mol. The molecule has 0 unspecified atom stereocenters. The van der Waals surface area contributed by atoms with E-state index in [4.69, 9.17) is 4.42 Å². The summed E-state index contributed by atoms with van der Waals surface area (Å²) in [5.41, 5.74) is 2.97. The molecule has 1 saturated carbocycles. The van der Waals surface area contributed by atoms with Gasteiger partial charge in [-0.25, -0.2) is 4.98 Å². The Bertz CT molecular complexity index is 572. The van der Waals surface area contributed by atoms with Crippen molar-refractivity contribution in [1.82, 2.24) is 4.98 Å². The van der Waals surface area contributed by atoms with E-state index >= 15 is 0 Å². The van der Waals surface area contributed by atoms with Crippen LogP contribution in [0.15, 0.2) is 22.6 Å². The largest absolute Gasteiger partial charge is 0.441 e. The van der Waals surface area contributed by atoms with Crippen molar-refractivity contribution in [3.8, 4) is 0 Å². The van der Waals surface area contributed by atoms with Gasteiger partial charge in [0, 0.05) is 31.6 Å². The summed E-state index contributed by atoms with van der Waals surface area (Å²) in [5, 5.41) is 9.37. The maximum absolute atomic E-state index is 9.37. The standard InChI is InChI=1S/C14H18N2O2/c1-10-15-12-7-11(3-4-13(12)18-10)16(2)8-14(9-17)5-6-14/h3-4,7,17H,5-6,8-9H2,1-2H3. The molecule has 4 heteroatoms. The predicted octanol–water partition coefficient (Wildman–Crippen LogP) is 2.34. The molecule has 0 aliphatic heterocycles. The molecule has 0 atom stereocenters. The number of anilines is 1. The van der Waals surface area contributed by atoms with Gasteiger partial charge in [-0.05, 0) is 31.0 Å². The third kappa shape index (κ3) is 1.97. The van der Waals surface area contributed by atoms with Crippen molar-refractivity contribution in [3.63, 3.8) is 0 Å². The van der Waals surface area contributed by atoms with E-state index in [0.29, 0.717) is 5.89 Å². The fraction of sp³-hybridized carbons (Fsp3) is 0.500. The van der Waals surface area contributed by atoms with Crippen LogP contribution in [0.1, 0.15) is 18.7 Å². The van der Waals surface area contributed by atoms with E-state index in [-0.39, 0.29) is 12.0 Å². The van der Waals surface area contributed by atoms with Gasteiger partial charge in [-0.1, -0.05) is 0 Å². The molecule has 1 aromatic heterocycles. The SMILES string of the molecule is Cc1nc2cc(N(C)CC3(CO)CC3)ccc2o1. The summed E-state index contributed by atoms with van der Waals surface area (Å²) in [6.07, 6.45) is 2.25. The van der Waals surface area contributed by atoms with Crippen LogP contribution in [0.4, 0.5) is 5.69 Å². The summed E-state index contributed by atoms with van der Waals surface area (Å²) in [6.45, 7) is 3.03. The summed E-state index contributed by atoms with van der Waals surface area (Å²) in [7, 11) is 2.06. The molecule has 18 heavy (non-hydrogen) atoms. The van der Waals surface area contributed by atoms with Crippen LogP contribution < -0.4 is 4.90 Å². The topological polar surface area (TPSA) is 49.5 Å². The van der Waals surface area contributed by atoms with Gasteiger partial charge in [0.15, 0.2) is 11.5 Å². The first-order valence-corrected chi connectivity index (χ1v) is 6.31. The van der Waals surface area contributed by atoms with E-state index in [9.17, 15) is 5.11 Å². The lowest BCUT2D eigenvalue weighted by Crippen LogP contribution is -2.28. The Morgan fingerprint density at radius 3 is 2.89 bits per heavy atom. The molecular formula is C14H18N2O2. The number of aromatic nitrogens is 1. The number of aliphatic hydroxyl groups excluding tert-OH is 1. The van der Waals surface area contributed by atoms with Crippen molar-refractivity contribution in [2.75, 3.05) is 25.1 Å². The van der Waals surface area contributed by atoms with Crippen molar-refractivity contribution in [3.05, 3.63) is 24.1 Å². The molecule has 1 aliphatic carbocycles. The van der Waals surface area contributed by atoms with Crippen molar-refractivity contribution < 1.29 is 9.52 Å². The maximum atomic E-state index is 9.37. The van der Waals surface area contributed by atoms with Crippen LogP contribution in [0.2, 0.25) is 0 Å². The monoisotopic (exact) mass is 246 g/mol. The second-order valence-corrected chi connectivity index (χ2v) is 5.40. The Labute approximate surface area is 106 Å². The molecule has 1 aliphatic rings. The number of aliphatic hydroxyl groups is 1. The normalized spacial score (nSPS) is 17.1. The number of aryl methyl sites for hydroxylation is 1. The second kappa shape index (κ2) is 3.99. The van der Waals surface area contributed by atoms with Gasteiger partial charge in [-0.3, -0.25) is 0 Å². The summed E-state index contributed by atoms with van der Waals surface area (Å²) in [4.78, 5) is 6.53. The third-order valence-corrected chi connectivity index (χ3v) is 3.78. The van der Waals surface area contributed by atoms with Crippen LogP contribution in [-0.2, 0) is 0 Å². The first kappa shape index (κ1) is 11.5. The molecule has 2 aromatic rings. The van der Waals surface area contributed by atoms with E-state index in [1.807, 2.05) is 25.1 Å². The Balaban J connectivity index is 1.84. The Morgan fingerprint density at radius 2 is 2.22 bits per heavy atom. The molecule has 0 saturated heterocycles. The summed E-state index contributed by atoms with van der Waals surface area (Å²) in [6, 6.07) is 6.04. The van der Waals surface area contributed by atoms with Gasteiger partial charge < -0.3 is 14.4 Å². The van der Waals surface area contributed by atoms with Crippen LogP contribution in [0.25, 0.3) is 11.1 Å². The van der Waals surface area contributed by atoms with E-state index in [1.165, 1.54) is 0 Å². The minimum absolute atomic E-state index is 0.128. The Hall–Kier alpha value is -1.55. The highest BCUT2D eigenvalue weighted by Gasteiger charge is 2.42. The molecular weight excluding hydrogens is 228 g/mol. The highest BCUT2D eigenvalue weighted by Crippen LogP contribution is 2.46. The number of hydrogen-bond acceptors (Lipinski definition) is 4. The van der Waals surface area contributed by atoms with Crippen LogP contribution in [0.3, 0.4) is 0 Å². The molecule has 0 spiro atoms. The number of nitrogens with zero attached hydrogens (tertiary/aromatic N) is 2. The molecule has 0 amide bonds. The van der Waals surface area contributed by atoms with Gasteiger partial charge in [0.2, 0.25) is 0 Å². The first-order valence-electron chi connectivity index (χ1n) is 6.31. The highest BCUT2D eigenvalue weighted by molar-refractivity contribution is 5.77. The number of hydrogen-bond donors (Lipinski definition) is 1. The number of benzene rings is 1. The zero-order chi connectivity index (χ0) is 12.8. The fourth-order valence-electron chi connectivity index (χ4n) is 2.41. The van der Waals surface area contributed by atoms with Crippen molar-refractivity contribution >= 4 is 16.8 Å². The van der Waals surface area contributed by atoms with E-state index in [2.05, 4.69) is 16.9 Å². The van der Waals surface area contributed by atoms with Crippen molar-refractivity contribution in [2.45, 2.75) is 19.8 Å². The van der Waals surface area contributed by atoms with Gasteiger partial charge in [0.25, 0.3) is 0 Å². The lowest BCUT2D eigenvalue weighted by Gasteiger charge is -2.24. The molecule has 0 bridgehead atoms. The number of fused-ring (bicyclic) bond motifs is 1. The predicted molar refractivity (Wildman–Crippen MR) is 70.8 cm³/mol. The van der Waals surface area contributed by atoms with Gasteiger partial charge in [0.05, 0.1) is 6.61 Å². The van der Waals surface area contributed by atoms with Gasteiger partial charge >= 0.3 is 0 Å². The number of oxazole rings is 1. The van der Waals surface area contributed by atoms with E-state index in [1.54, 1.807) is 0 Å². The molecule has 1 N–H and O–H groups in total. The van der Waals surface area contributed by atoms with Crippen LogP contribution >= 0.6 is 0 Å². The lowest BCUT2D eigenvalue weighted by atomic mass is 10.1. The summed E-state index contributed by atoms with van der Waals surface area (Å²) >= 11 is 0. The average Bonchev–Trinajstić information content (AvgIpc) is 3.01. The molecule has 0 radical (unpaired) electrons. The van der Waals surface area contributed by atoms with Crippen molar-refractivity contribution in [2.24, 2.45) is 5.41 Å². The Kier molecular flexibility index (Phi) is 2.55. The lowest BCUT2D eigenvalue weighted by molar-refractivity contribution is 0.215. The highest BCUT2D eigenvalue weighted by atomic mass is 16.3. The fourth-order valence-corrected chi connectivity index (χ4v) is 2.41. The van der Waals surface area contributed by atoms with E-state index < -0.39 is 0 Å². The Morgan fingerprint density at radius 1 is 1.44 bits per heavy atom. The van der Waals surface area contributed by atoms with Gasteiger partial charge in [-0.2, -0.15) is 0 Å². The van der Waals surface area contributed by atoms with Crippen molar-refractivity contribution in [1.29, 1.82) is 0 Å². The molecule has 3 rings (SSSR count). The summed E-state index contributed by atoms with van der Waals surface area (Å²) < 4.78 is 5.47. The summed E-state index contributed by atoms with van der Waals surface area (Å²) in [5.74, 6) is 0.693.